The van der Waals surface area contributed by atoms with Crippen molar-refractivity contribution in [1.29, 1.82) is 0 Å². The van der Waals surface area contributed by atoms with Crippen molar-refractivity contribution in [2.75, 3.05) is 26.9 Å². The number of carbonyl (C=O) groups excluding carboxylic acids is 3. The Morgan fingerprint density at radius 1 is 1.14 bits per heavy atom. The number of hydrogen-bond acceptors (Lipinski definition) is 7. The van der Waals surface area contributed by atoms with Crippen molar-refractivity contribution < 1.29 is 33.3 Å². The minimum atomic E-state index is -0.347. The number of carbonyl (C=O) groups is 3. The lowest BCUT2D eigenvalue weighted by molar-refractivity contribution is -0.140. The molecule has 1 heterocycles. The highest BCUT2D eigenvalue weighted by Crippen LogP contribution is 2.18. The van der Waals surface area contributed by atoms with E-state index in [-0.39, 0.29) is 24.0 Å². The van der Waals surface area contributed by atoms with Gasteiger partial charge in [-0.15, -0.1) is 0 Å². The van der Waals surface area contributed by atoms with Gasteiger partial charge in [-0.3, -0.25) is 0 Å². The van der Waals surface area contributed by atoms with E-state index < -0.39 is 0 Å². The summed E-state index contributed by atoms with van der Waals surface area (Å²) in [4.78, 5) is 31.9. The van der Waals surface area contributed by atoms with E-state index in [2.05, 4.69) is 24.8 Å². The summed E-state index contributed by atoms with van der Waals surface area (Å²) in [6, 6.07) is 0. The van der Waals surface area contributed by atoms with E-state index >= 15 is 0 Å². The van der Waals surface area contributed by atoms with E-state index in [0.717, 1.165) is 31.3 Å². The monoisotopic (exact) mass is 396 g/mol. The summed E-state index contributed by atoms with van der Waals surface area (Å²) >= 11 is 0. The third-order valence-electron chi connectivity index (χ3n) is 3.48. The first-order valence-electron chi connectivity index (χ1n) is 9.27. The quantitative estimate of drug-likeness (QED) is 0.204. The van der Waals surface area contributed by atoms with Gasteiger partial charge in [-0.25, -0.2) is 14.4 Å². The molecule has 2 rings (SSSR count). The molecule has 0 radical (unpaired) electrons. The average Bonchev–Trinajstić information content (AvgIpc) is 3.43. The lowest BCUT2D eigenvalue weighted by Gasteiger charge is -2.12. The fourth-order valence-electron chi connectivity index (χ4n) is 1.51. The van der Waals surface area contributed by atoms with Gasteiger partial charge in [0.25, 0.3) is 0 Å². The molecule has 0 saturated carbocycles. The Labute approximate surface area is 167 Å². The molecule has 1 fully saturated rings. The van der Waals surface area contributed by atoms with Crippen LogP contribution in [0.3, 0.4) is 0 Å². The Hall–Kier alpha value is -2.41. The van der Waals surface area contributed by atoms with Gasteiger partial charge >= 0.3 is 17.9 Å². The highest BCUT2D eigenvalue weighted by atomic mass is 16.6. The number of methoxy groups -OCH3 is 1. The van der Waals surface area contributed by atoms with Crippen LogP contribution >= 0.6 is 0 Å². The van der Waals surface area contributed by atoms with Crippen LogP contribution in [0, 0.1) is 0 Å². The summed E-state index contributed by atoms with van der Waals surface area (Å²) in [5.74, 6) is -0.791. The number of rotatable bonds is 8. The van der Waals surface area contributed by atoms with Gasteiger partial charge < -0.3 is 18.9 Å². The zero-order valence-electron chi connectivity index (χ0n) is 17.4. The van der Waals surface area contributed by atoms with Crippen molar-refractivity contribution in [3.8, 4) is 0 Å². The molecule has 0 amide bonds. The van der Waals surface area contributed by atoms with Gasteiger partial charge in [0.1, 0.15) is 12.7 Å². The lowest BCUT2D eigenvalue weighted by Crippen LogP contribution is -2.12. The SMILES string of the molecule is C=C(C)C(=O)OC.C=C(C)C(=O)OCC1CO1.CCCCOC(=O)C1=CCC1. The molecule has 0 aromatic heterocycles. The summed E-state index contributed by atoms with van der Waals surface area (Å²) in [6.45, 7) is 13.7. The first kappa shape index (κ1) is 25.6. The van der Waals surface area contributed by atoms with Crippen LogP contribution in [0.15, 0.2) is 36.0 Å². The molecule has 1 aliphatic heterocycles. The Kier molecular flexibility index (Phi) is 13.4. The third kappa shape index (κ3) is 12.9. The molecule has 0 aromatic carbocycles. The van der Waals surface area contributed by atoms with Crippen LogP contribution in [0.1, 0.15) is 46.5 Å². The van der Waals surface area contributed by atoms with Gasteiger partial charge in [-0.1, -0.05) is 32.6 Å². The lowest BCUT2D eigenvalue weighted by atomic mass is 10.00. The Bertz CT molecular complexity index is 586. The topological polar surface area (TPSA) is 91.4 Å². The molecule has 1 unspecified atom stereocenters. The summed E-state index contributed by atoms with van der Waals surface area (Å²) in [5, 5.41) is 0. The van der Waals surface area contributed by atoms with E-state index in [4.69, 9.17) is 14.2 Å². The number of ether oxygens (including phenoxy) is 4. The predicted molar refractivity (Wildman–Crippen MR) is 106 cm³/mol. The van der Waals surface area contributed by atoms with Gasteiger partial charge in [0.15, 0.2) is 0 Å². The van der Waals surface area contributed by atoms with Gasteiger partial charge in [-0.05, 0) is 33.1 Å². The Balaban J connectivity index is 0.000000402. The largest absolute Gasteiger partial charge is 0.466 e. The molecular formula is C21H32O7. The molecule has 2 aliphatic rings. The molecule has 0 bridgehead atoms. The van der Waals surface area contributed by atoms with Crippen LogP contribution in [0.25, 0.3) is 0 Å². The predicted octanol–water partition coefficient (Wildman–Crippen LogP) is 3.29. The maximum atomic E-state index is 11.0. The average molecular weight is 396 g/mol. The first-order valence-corrected chi connectivity index (χ1v) is 9.27. The molecule has 7 heteroatoms. The Morgan fingerprint density at radius 3 is 2.04 bits per heavy atom. The van der Waals surface area contributed by atoms with Crippen LogP contribution in [-0.4, -0.2) is 50.9 Å². The molecule has 1 aliphatic carbocycles. The number of hydrogen-bond donors (Lipinski definition) is 0. The van der Waals surface area contributed by atoms with Crippen molar-refractivity contribution in [2.24, 2.45) is 0 Å². The van der Waals surface area contributed by atoms with Crippen LogP contribution in [-0.2, 0) is 33.3 Å². The maximum Gasteiger partial charge on any atom is 0.333 e. The summed E-state index contributed by atoms with van der Waals surface area (Å²) in [5.41, 5.74) is 1.73. The van der Waals surface area contributed by atoms with Crippen LogP contribution in [0.5, 0.6) is 0 Å². The zero-order valence-corrected chi connectivity index (χ0v) is 17.4. The second-order valence-electron chi connectivity index (χ2n) is 6.36. The molecule has 0 spiro atoms. The van der Waals surface area contributed by atoms with E-state index in [0.29, 0.717) is 31.0 Å². The van der Waals surface area contributed by atoms with Gasteiger partial charge in [0, 0.05) is 16.7 Å². The molecule has 0 N–H and O–H groups in total. The number of esters is 3. The summed E-state index contributed by atoms with van der Waals surface area (Å²) in [6.07, 6.45) is 6.08. The number of unbranched alkanes of at least 4 members (excludes halogenated alkanes) is 1. The second kappa shape index (κ2) is 14.6. The van der Waals surface area contributed by atoms with Crippen molar-refractivity contribution in [2.45, 2.75) is 52.6 Å². The molecule has 0 aromatic rings. The summed E-state index contributed by atoms with van der Waals surface area (Å²) in [7, 11) is 1.33. The van der Waals surface area contributed by atoms with Crippen molar-refractivity contribution in [1.82, 2.24) is 0 Å². The van der Waals surface area contributed by atoms with Crippen molar-refractivity contribution in [3.63, 3.8) is 0 Å². The van der Waals surface area contributed by atoms with E-state index in [1.807, 2.05) is 6.08 Å². The first-order chi connectivity index (χ1) is 13.2. The minimum absolute atomic E-state index is 0.107. The number of allylic oxidation sites excluding steroid dienone is 1. The highest BCUT2D eigenvalue weighted by Gasteiger charge is 2.24. The third-order valence-corrected chi connectivity index (χ3v) is 3.48. The molecule has 1 saturated heterocycles. The zero-order chi connectivity index (χ0) is 21.5. The van der Waals surface area contributed by atoms with Gasteiger partial charge in [0.2, 0.25) is 0 Å². The van der Waals surface area contributed by atoms with E-state index in [1.54, 1.807) is 13.8 Å². The van der Waals surface area contributed by atoms with Crippen molar-refractivity contribution in [3.05, 3.63) is 36.0 Å². The van der Waals surface area contributed by atoms with E-state index in [1.165, 1.54) is 7.11 Å². The van der Waals surface area contributed by atoms with Crippen LogP contribution in [0.2, 0.25) is 0 Å². The van der Waals surface area contributed by atoms with Gasteiger partial charge in [0.05, 0.1) is 20.3 Å². The standard InChI is InChI=1S/C9H14O2.C7H10O3.C5H8O2/c1-2-3-7-11-9(10)8-5-4-6-8;1-5(2)7(8)10-4-6-3-9-6;1-4(2)5(6)7-3/h5H,2-4,6-7H2,1H3;6H,1,3-4H2,2H3;1H2,2-3H3. The normalized spacial score (nSPS) is 15.7. The smallest absolute Gasteiger partial charge is 0.333 e. The summed E-state index contributed by atoms with van der Waals surface area (Å²) < 4.78 is 18.8. The maximum absolute atomic E-state index is 11.0. The minimum Gasteiger partial charge on any atom is -0.466 e. The second-order valence-corrected chi connectivity index (χ2v) is 6.36. The fraction of sp³-hybridized carbons (Fsp3) is 0.571. The van der Waals surface area contributed by atoms with Crippen LogP contribution in [0.4, 0.5) is 0 Å². The highest BCUT2D eigenvalue weighted by molar-refractivity contribution is 5.89. The number of epoxide rings is 1. The fourth-order valence-corrected chi connectivity index (χ4v) is 1.51. The molecule has 1 atom stereocenters. The molecule has 7 nitrogen and oxygen atoms in total. The van der Waals surface area contributed by atoms with Gasteiger partial charge in [-0.2, -0.15) is 0 Å². The Morgan fingerprint density at radius 2 is 1.71 bits per heavy atom. The molecular weight excluding hydrogens is 364 g/mol. The van der Waals surface area contributed by atoms with Crippen molar-refractivity contribution >= 4 is 17.9 Å². The van der Waals surface area contributed by atoms with Crippen LogP contribution < -0.4 is 0 Å². The molecule has 158 valence electrons. The van der Waals surface area contributed by atoms with E-state index in [9.17, 15) is 14.4 Å². The molecule has 28 heavy (non-hydrogen) atoms.